The maximum Gasteiger partial charge on any atom is 0.253 e. The van der Waals surface area contributed by atoms with Gasteiger partial charge in [-0.25, -0.2) is 0 Å². The van der Waals surface area contributed by atoms with Crippen LogP contribution in [0, 0.1) is 0 Å². The first kappa shape index (κ1) is 17.4. The van der Waals surface area contributed by atoms with Crippen LogP contribution in [0.25, 0.3) is 0 Å². The molecule has 1 amide bonds. The lowest BCUT2D eigenvalue weighted by molar-refractivity contribution is 0.0646. The van der Waals surface area contributed by atoms with Gasteiger partial charge in [0.2, 0.25) is 0 Å². The summed E-state index contributed by atoms with van der Waals surface area (Å²) in [4.78, 5) is 16.0. The number of hydrogen-bond donors (Lipinski definition) is 1. The average Bonchev–Trinajstić information content (AvgIpc) is 3.05. The first-order valence-corrected chi connectivity index (χ1v) is 10.3. The quantitative estimate of drug-likeness (QED) is 0.844. The number of piperidine rings is 1. The molecular weight excluding hydrogens is 344 g/mol. The number of rotatable bonds is 3. The van der Waals surface area contributed by atoms with Crippen LogP contribution < -0.4 is 10.5 Å². The van der Waals surface area contributed by atoms with Crippen molar-refractivity contribution in [1.29, 1.82) is 0 Å². The molecule has 0 bridgehead atoms. The third-order valence-electron chi connectivity index (χ3n) is 5.70. The number of nitrogens with zero attached hydrogens (tertiary/aromatic N) is 1. The molecule has 2 aromatic carbocycles. The fraction of sp³-hybridized carbons (Fsp3) is 0.381. The molecule has 26 heavy (non-hydrogen) atoms. The lowest BCUT2D eigenvalue weighted by Gasteiger charge is -2.38. The van der Waals surface area contributed by atoms with Crippen LogP contribution >= 0.6 is 11.8 Å². The van der Waals surface area contributed by atoms with Gasteiger partial charge in [0.05, 0.1) is 6.61 Å². The molecule has 2 N–H and O–H groups in total. The second kappa shape index (κ2) is 6.97. The highest BCUT2D eigenvalue weighted by Gasteiger charge is 2.43. The number of fused-ring (bicyclic) bond motifs is 2. The lowest BCUT2D eigenvalue weighted by atomic mass is 9.74. The van der Waals surface area contributed by atoms with Gasteiger partial charge in [-0.2, -0.15) is 0 Å². The molecule has 0 aromatic heterocycles. The maximum atomic E-state index is 12.8. The van der Waals surface area contributed by atoms with Gasteiger partial charge in [-0.05, 0) is 55.0 Å². The van der Waals surface area contributed by atoms with Gasteiger partial charge in [0.25, 0.3) is 5.91 Å². The molecule has 1 fully saturated rings. The summed E-state index contributed by atoms with van der Waals surface area (Å²) in [5, 5.41) is 0. The summed E-state index contributed by atoms with van der Waals surface area (Å²) in [7, 11) is 0. The number of carbonyl (C=O) groups excluding carboxylic acids is 1. The smallest absolute Gasteiger partial charge is 0.253 e. The molecule has 136 valence electrons. The molecule has 2 aromatic rings. The zero-order valence-electron chi connectivity index (χ0n) is 15.0. The van der Waals surface area contributed by atoms with Gasteiger partial charge in [-0.3, -0.25) is 4.79 Å². The minimum Gasteiger partial charge on any atom is -0.492 e. The van der Waals surface area contributed by atoms with Crippen LogP contribution in [0.2, 0.25) is 0 Å². The normalized spacial score (nSPS) is 17.8. The van der Waals surface area contributed by atoms with Crippen LogP contribution in [0.3, 0.4) is 0 Å². The zero-order chi connectivity index (χ0) is 18.1. The Hall–Kier alpha value is -1.98. The van der Waals surface area contributed by atoms with Crippen LogP contribution in [0.1, 0.15) is 34.3 Å². The predicted octanol–water partition coefficient (Wildman–Crippen LogP) is 3.43. The number of carbonyl (C=O) groups is 1. The minimum absolute atomic E-state index is 0.0278. The molecule has 1 saturated heterocycles. The van der Waals surface area contributed by atoms with E-state index in [2.05, 4.69) is 6.07 Å². The number of benzene rings is 2. The van der Waals surface area contributed by atoms with Gasteiger partial charge in [0.15, 0.2) is 0 Å². The van der Waals surface area contributed by atoms with Gasteiger partial charge in [-0.1, -0.05) is 12.1 Å². The molecule has 2 aliphatic heterocycles. The van der Waals surface area contributed by atoms with Gasteiger partial charge in [0.1, 0.15) is 5.75 Å². The summed E-state index contributed by atoms with van der Waals surface area (Å²) in [6.07, 6.45) is 3.91. The molecule has 4 rings (SSSR count). The van der Waals surface area contributed by atoms with Crippen LogP contribution in [-0.2, 0) is 12.0 Å². The van der Waals surface area contributed by atoms with Crippen molar-refractivity contribution in [2.45, 2.75) is 29.7 Å². The predicted molar refractivity (Wildman–Crippen MR) is 105 cm³/mol. The monoisotopic (exact) mass is 368 g/mol. The largest absolute Gasteiger partial charge is 0.492 e. The van der Waals surface area contributed by atoms with E-state index in [0.29, 0.717) is 13.2 Å². The summed E-state index contributed by atoms with van der Waals surface area (Å²) in [5.74, 6) is 1.11. The van der Waals surface area contributed by atoms with E-state index in [1.165, 1.54) is 10.5 Å². The number of nitrogens with two attached hydrogens (primary N) is 1. The maximum absolute atomic E-state index is 12.8. The Morgan fingerprint density at radius 1 is 1.19 bits per heavy atom. The number of amides is 1. The molecule has 1 spiro atoms. The highest BCUT2D eigenvalue weighted by atomic mass is 32.2. The van der Waals surface area contributed by atoms with Crippen molar-refractivity contribution in [3.05, 3.63) is 59.2 Å². The molecule has 0 saturated carbocycles. The van der Waals surface area contributed by atoms with Gasteiger partial charge >= 0.3 is 0 Å². The molecule has 0 atom stereocenters. The molecule has 0 unspecified atom stereocenters. The van der Waals surface area contributed by atoms with Crippen LogP contribution in [0.15, 0.2) is 47.4 Å². The van der Waals surface area contributed by atoms with E-state index >= 15 is 0 Å². The number of likely N-dealkylation sites (tertiary alicyclic amines) is 1. The Kier molecular flexibility index (Phi) is 4.67. The molecule has 0 aliphatic carbocycles. The van der Waals surface area contributed by atoms with Crippen LogP contribution in [0.5, 0.6) is 5.75 Å². The first-order chi connectivity index (χ1) is 12.6. The second-order valence-electron chi connectivity index (χ2n) is 7.12. The molecule has 5 heteroatoms. The van der Waals surface area contributed by atoms with Crippen molar-refractivity contribution in [2.24, 2.45) is 5.73 Å². The van der Waals surface area contributed by atoms with E-state index in [1.54, 1.807) is 11.8 Å². The van der Waals surface area contributed by atoms with Crippen LogP contribution in [0.4, 0.5) is 0 Å². The standard InChI is InChI=1S/C21H24N2O2S/c1-26-17-5-3-16(4-6-17)20(24)23-10-8-21(9-11-23)14-25-19-7-2-15(13-22)12-18(19)21/h2-7,12H,8-11,13-14,22H2,1H3. The number of thioether (sulfide) groups is 1. The van der Waals surface area contributed by atoms with E-state index in [1.807, 2.05) is 47.6 Å². The zero-order valence-corrected chi connectivity index (χ0v) is 15.8. The lowest BCUT2D eigenvalue weighted by Crippen LogP contribution is -2.46. The van der Waals surface area contributed by atoms with Crippen molar-refractivity contribution in [3.8, 4) is 5.75 Å². The molecule has 0 radical (unpaired) electrons. The van der Waals surface area contributed by atoms with Crippen molar-refractivity contribution < 1.29 is 9.53 Å². The van der Waals surface area contributed by atoms with Gasteiger partial charge < -0.3 is 15.4 Å². The fourth-order valence-electron chi connectivity index (χ4n) is 4.01. The average molecular weight is 369 g/mol. The van der Waals surface area contributed by atoms with Gasteiger partial charge in [0, 0.05) is 41.1 Å². The van der Waals surface area contributed by atoms with E-state index < -0.39 is 0 Å². The summed E-state index contributed by atoms with van der Waals surface area (Å²) in [5.41, 5.74) is 9.03. The third kappa shape index (κ3) is 2.99. The second-order valence-corrected chi connectivity index (χ2v) is 8.00. The Bertz CT molecular complexity index is 811. The molecule has 2 aliphatic rings. The molecule has 4 nitrogen and oxygen atoms in total. The molecular formula is C21H24N2O2S. The highest BCUT2D eigenvalue weighted by molar-refractivity contribution is 7.98. The van der Waals surface area contributed by atoms with E-state index in [-0.39, 0.29) is 11.3 Å². The van der Waals surface area contributed by atoms with Crippen molar-refractivity contribution in [2.75, 3.05) is 26.0 Å². The minimum atomic E-state index is 0.0278. The SMILES string of the molecule is CSc1ccc(C(=O)N2CCC3(CC2)COc2ccc(CN)cc23)cc1. The molecule has 2 heterocycles. The van der Waals surface area contributed by atoms with Crippen LogP contribution in [-0.4, -0.2) is 36.8 Å². The summed E-state index contributed by atoms with van der Waals surface area (Å²) >= 11 is 1.69. The summed E-state index contributed by atoms with van der Waals surface area (Å²) in [6.45, 7) is 2.78. The Morgan fingerprint density at radius 2 is 1.92 bits per heavy atom. The Morgan fingerprint density at radius 3 is 2.58 bits per heavy atom. The van der Waals surface area contributed by atoms with Crippen molar-refractivity contribution in [3.63, 3.8) is 0 Å². The van der Waals surface area contributed by atoms with E-state index in [4.69, 9.17) is 10.5 Å². The first-order valence-electron chi connectivity index (χ1n) is 9.05. The topological polar surface area (TPSA) is 55.6 Å². The number of hydrogen-bond acceptors (Lipinski definition) is 4. The number of ether oxygens (including phenoxy) is 1. The van der Waals surface area contributed by atoms with E-state index in [9.17, 15) is 4.79 Å². The van der Waals surface area contributed by atoms with E-state index in [0.717, 1.165) is 42.8 Å². The summed E-state index contributed by atoms with van der Waals surface area (Å²) < 4.78 is 5.95. The van der Waals surface area contributed by atoms with Crippen molar-refractivity contribution >= 4 is 17.7 Å². The third-order valence-corrected chi connectivity index (χ3v) is 6.44. The van der Waals surface area contributed by atoms with Gasteiger partial charge in [-0.15, -0.1) is 11.8 Å². The Labute approximate surface area is 158 Å². The van der Waals surface area contributed by atoms with Crippen molar-refractivity contribution in [1.82, 2.24) is 4.90 Å². The highest BCUT2D eigenvalue weighted by Crippen LogP contribution is 2.46. The summed E-state index contributed by atoms with van der Waals surface area (Å²) in [6, 6.07) is 14.2. The fourth-order valence-corrected chi connectivity index (χ4v) is 4.41. The Balaban J connectivity index is 1.49.